The third-order valence-corrected chi connectivity index (χ3v) is 13.9. The average molecular weight is 928 g/mol. The van der Waals surface area contributed by atoms with Gasteiger partial charge in [0.2, 0.25) is 0 Å². The topological polar surface area (TPSA) is 39.4 Å². The summed E-state index contributed by atoms with van der Waals surface area (Å²) >= 11 is 0. The van der Waals surface area contributed by atoms with Gasteiger partial charge in [-0.25, -0.2) is 0 Å². The zero-order valence-corrected chi connectivity index (χ0v) is 40.0. The molecule has 12 aromatic rings. The minimum absolute atomic E-state index is 0.491. The van der Waals surface area contributed by atoms with E-state index in [9.17, 15) is 4.79 Å². The number of allylic oxidation sites excluding steroid dienone is 2. The Morgan fingerprint density at radius 1 is 0.458 bits per heavy atom. The maximum absolute atomic E-state index is 12.3. The van der Waals surface area contributed by atoms with Crippen molar-refractivity contribution in [3.63, 3.8) is 0 Å². The first-order valence-electron chi connectivity index (χ1n) is 24.3. The summed E-state index contributed by atoms with van der Waals surface area (Å²) in [4.78, 5) is 14.7. The van der Waals surface area contributed by atoms with Gasteiger partial charge in [-0.3, -0.25) is 4.79 Å². The zero-order chi connectivity index (χ0) is 48.7. The van der Waals surface area contributed by atoms with Crippen LogP contribution in [0.2, 0.25) is 0 Å². The normalized spacial score (nSPS) is 11.7. The van der Waals surface area contributed by atoms with Gasteiger partial charge in [-0.05, 0) is 156 Å². The van der Waals surface area contributed by atoms with E-state index in [-0.39, 0.29) is 0 Å². The summed E-state index contributed by atoms with van der Waals surface area (Å²) in [6, 6.07) is 81.3. The Balaban J connectivity index is 1.06. The van der Waals surface area contributed by atoms with Crippen molar-refractivity contribution < 1.29 is 9.53 Å². The molecule has 0 bridgehead atoms. The van der Waals surface area contributed by atoms with Crippen molar-refractivity contribution in [2.24, 2.45) is 0 Å². The number of carbonyl (C=O) groups excluding carboxylic acids is 1. The molecule has 0 saturated heterocycles. The number of aryl methyl sites for hydroxylation is 2. The summed E-state index contributed by atoms with van der Waals surface area (Å²) in [6.07, 6.45) is 4.85. The van der Waals surface area contributed by atoms with Gasteiger partial charge >= 0.3 is 0 Å². The quantitative estimate of drug-likeness (QED) is 0.0905. The van der Waals surface area contributed by atoms with Gasteiger partial charge in [-0.15, -0.1) is 0 Å². The molecule has 0 N–H and O–H groups in total. The number of fused-ring (bicyclic) bond motifs is 6. The van der Waals surface area contributed by atoms with Crippen molar-refractivity contribution in [2.45, 2.75) is 13.8 Å². The number of carbonyl (C=O) groups is 1. The molecule has 72 heavy (non-hydrogen) atoms. The van der Waals surface area contributed by atoms with Crippen LogP contribution in [0.25, 0.3) is 71.7 Å². The molecule has 344 valence electrons. The fourth-order valence-electron chi connectivity index (χ4n) is 10.4. The summed E-state index contributed by atoms with van der Waals surface area (Å²) < 4.78 is 11.1. The van der Waals surface area contributed by atoms with Crippen molar-refractivity contribution in [2.75, 3.05) is 4.90 Å². The lowest BCUT2D eigenvalue weighted by Gasteiger charge is -2.26. The molecule has 0 aliphatic heterocycles. The van der Waals surface area contributed by atoms with Crippen molar-refractivity contribution >= 4 is 72.5 Å². The summed E-state index contributed by atoms with van der Waals surface area (Å²) in [5.74, 6) is 1.23. The summed E-state index contributed by atoms with van der Waals surface area (Å²) in [7, 11) is 0. The summed E-state index contributed by atoms with van der Waals surface area (Å²) in [5, 5.41) is 4.65. The van der Waals surface area contributed by atoms with Gasteiger partial charge < -0.3 is 18.8 Å². The van der Waals surface area contributed by atoms with Gasteiger partial charge in [0, 0.05) is 50.0 Å². The monoisotopic (exact) mass is 927 g/mol. The Hall–Kier alpha value is -9.45. The number of anilines is 3. The molecule has 5 heteroatoms. The van der Waals surface area contributed by atoms with E-state index in [2.05, 4.69) is 222 Å². The number of para-hydroxylation sites is 4. The van der Waals surface area contributed by atoms with E-state index in [1.54, 1.807) is 0 Å². The first kappa shape index (κ1) is 43.8. The Labute approximate surface area is 419 Å². The molecule has 0 aliphatic rings. The molecule has 2 heterocycles. The standard InChI is InChI=1S/C67H49N3O2/c1-4-18-57(56-27-13-11-19-45(56)2)49-33-37-63-60(40-49)61-42-54(35-38-64(61)70(63)53-26-17-21-47(39-53)48-31-32-50(44-71)67(41-48)72-66-30-16-12-20-46(66)3)68(51-22-7-5-8-23-51)55-34-36-59-58-28-14-15-29-62(58)69(65(59)43-55)52-24-9-6-10-25-52/h4-44H,1H2,2-3H3/b57-18-. The second-order valence-electron chi connectivity index (χ2n) is 18.2. The van der Waals surface area contributed by atoms with Crippen LogP contribution in [0.15, 0.2) is 249 Å². The summed E-state index contributed by atoms with van der Waals surface area (Å²) in [6.45, 7) is 8.31. The highest BCUT2D eigenvalue weighted by Crippen LogP contribution is 2.44. The number of ether oxygens (including phenoxy) is 1. The van der Waals surface area contributed by atoms with Crippen LogP contribution in [0, 0.1) is 13.8 Å². The third-order valence-electron chi connectivity index (χ3n) is 13.9. The predicted octanol–water partition coefficient (Wildman–Crippen LogP) is 17.9. The van der Waals surface area contributed by atoms with E-state index in [0.717, 1.165) is 89.9 Å². The van der Waals surface area contributed by atoms with Crippen LogP contribution in [0.3, 0.4) is 0 Å². The van der Waals surface area contributed by atoms with Crippen LogP contribution in [0.1, 0.15) is 32.6 Å². The minimum Gasteiger partial charge on any atom is -0.456 e. The predicted molar refractivity (Wildman–Crippen MR) is 300 cm³/mol. The van der Waals surface area contributed by atoms with E-state index in [0.29, 0.717) is 17.1 Å². The molecule has 0 amide bonds. The molecular weight excluding hydrogens is 879 g/mol. The molecule has 0 saturated carbocycles. The smallest absolute Gasteiger partial charge is 0.153 e. The number of rotatable bonds is 12. The lowest BCUT2D eigenvalue weighted by atomic mass is 9.93. The van der Waals surface area contributed by atoms with Crippen LogP contribution >= 0.6 is 0 Å². The largest absolute Gasteiger partial charge is 0.456 e. The molecule has 0 aliphatic carbocycles. The number of aldehydes is 1. The number of aromatic nitrogens is 2. The second-order valence-corrected chi connectivity index (χ2v) is 18.2. The van der Waals surface area contributed by atoms with Crippen LogP contribution in [-0.2, 0) is 0 Å². The molecule has 0 spiro atoms. The highest BCUT2D eigenvalue weighted by molar-refractivity contribution is 6.13. The average Bonchev–Trinajstić information content (AvgIpc) is 3.94. The number of hydrogen-bond donors (Lipinski definition) is 0. The van der Waals surface area contributed by atoms with Gasteiger partial charge in [0.25, 0.3) is 0 Å². The third kappa shape index (κ3) is 7.74. The molecule has 0 atom stereocenters. The molecule has 0 fully saturated rings. The molecule has 0 unspecified atom stereocenters. The van der Waals surface area contributed by atoms with Crippen molar-refractivity contribution in [1.82, 2.24) is 9.13 Å². The van der Waals surface area contributed by atoms with Crippen molar-refractivity contribution in [3.8, 4) is 34.0 Å². The van der Waals surface area contributed by atoms with Crippen molar-refractivity contribution in [3.05, 3.63) is 277 Å². The second kappa shape index (κ2) is 18.5. The van der Waals surface area contributed by atoms with E-state index in [1.807, 2.05) is 55.5 Å². The first-order valence-corrected chi connectivity index (χ1v) is 24.3. The molecule has 2 aromatic heterocycles. The minimum atomic E-state index is 0.491. The Morgan fingerprint density at radius 2 is 1.08 bits per heavy atom. The Bertz CT molecular complexity index is 4080. The maximum Gasteiger partial charge on any atom is 0.153 e. The Kier molecular flexibility index (Phi) is 11.2. The SMILES string of the molecule is C=C/C=C(/c1ccc2c(c1)c1cc(N(c3ccccc3)c3ccc4c5ccccc5n(-c5ccccc5)c4c3)ccc1n2-c1cccc(-c2ccc(C=O)c(Oc3ccccc3C)c2)c1)c1ccccc1C. The molecular formula is C67H49N3O2. The molecule has 10 aromatic carbocycles. The van der Waals surface area contributed by atoms with Crippen molar-refractivity contribution in [1.29, 1.82) is 0 Å². The Morgan fingerprint density at radius 3 is 1.88 bits per heavy atom. The molecule has 0 radical (unpaired) electrons. The van der Waals surface area contributed by atoms with E-state index < -0.39 is 0 Å². The highest BCUT2D eigenvalue weighted by atomic mass is 16.5. The van der Waals surface area contributed by atoms with Crippen LogP contribution < -0.4 is 9.64 Å². The molecule has 5 nitrogen and oxygen atoms in total. The number of nitrogens with zero attached hydrogens (tertiary/aromatic N) is 3. The molecule has 12 rings (SSSR count). The fourth-order valence-corrected chi connectivity index (χ4v) is 10.4. The zero-order valence-electron chi connectivity index (χ0n) is 40.0. The lowest BCUT2D eigenvalue weighted by molar-refractivity contribution is 0.112. The van der Waals surface area contributed by atoms with Gasteiger partial charge in [0.1, 0.15) is 11.5 Å². The van der Waals surface area contributed by atoms with E-state index in [1.165, 1.54) is 27.4 Å². The summed E-state index contributed by atoms with van der Waals surface area (Å²) in [5.41, 5.74) is 17.7. The first-order chi connectivity index (χ1) is 35.4. The van der Waals surface area contributed by atoms with Gasteiger partial charge in [0.05, 0.1) is 27.6 Å². The highest BCUT2D eigenvalue weighted by Gasteiger charge is 2.21. The van der Waals surface area contributed by atoms with Crippen LogP contribution in [0.4, 0.5) is 17.1 Å². The van der Waals surface area contributed by atoms with Crippen LogP contribution in [-0.4, -0.2) is 15.4 Å². The van der Waals surface area contributed by atoms with Crippen LogP contribution in [0.5, 0.6) is 11.5 Å². The van der Waals surface area contributed by atoms with E-state index in [4.69, 9.17) is 4.74 Å². The maximum atomic E-state index is 12.3. The fraction of sp³-hybridized carbons (Fsp3) is 0.0299. The lowest BCUT2D eigenvalue weighted by Crippen LogP contribution is -2.10. The van der Waals surface area contributed by atoms with Gasteiger partial charge in [-0.2, -0.15) is 0 Å². The van der Waals surface area contributed by atoms with Gasteiger partial charge in [0.15, 0.2) is 6.29 Å². The van der Waals surface area contributed by atoms with E-state index >= 15 is 0 Å². The number of hydrogen-bond acceptors (Lipinski definition) is 3. The van der Waals surface area contributed by atoms with Gasteiger partial charge in [-0.1, -0.05) is 146 Å². The number of benzene rings is 10.